The molecule has 0 aliphatic heterocycles. The van der Waals surface area contributed by atoms with E-state index in [-0.39, 0.29) is 17.6 Å². The molecule has 0 aliphatic rings. The van der Waals surface area contributed by atoms with Gasteiger partial charge in [0.05, 0.1) is 5.75 Å². The fourth-order valence-electron chi connectivity index (χ4n) is 1.93. The average molecular weight is 435 g/mol. The summed E-state index contributed by atoms with van der Waals surface area (Å²) in [6.07, 6.45) is 2.98. The van der Waals surface area contributed by atoms with Gasteiger partial charge < -0.3 is 10.6 Å². The molecule has 0 bridgehead atoms. The summed E-state index contributed by atoms with van der Waals surface area (Å²) >= 11 is 0. The lowest BCUT2D eigenvalue weighted by molar-refractivity contribution is -0.120. The van der Waals surface area contributed by atoms with Gasteiger partial charge in [-0.1, -0.05) is 49.3 Å². The Bertz CT molecular complexity index is 502. The van der Waals surface area contributed by atoms with Crippen LogP contribution in [0.5, 0.6) is 0 Å². The van der Waals surface area contributed by atoms with Crippen molar-refractivity contribution in [3.8, 4) is 0 Å². The van der Waals surface area contributed by atoms with Crippen LogP contribution in [0, 0.1) is 11.8 Å². The number of rotatable bonds is 13. The Balaban J connectivity index is 3.61. The van der Waals surface area contributed by atoms with E-state index >= 15 is 0 Å². The number of hydrogen-bond acceptors (Lipinski definition) is 6. The summed E-state index contributed by atoms with van der Waals surface area (Å²) in [6.45, 7) is 9.19. The van der Waals surface area contributed by atoms with E-state index < -0.39 is 12.1 Å². The van der Waals surface area contributed by atoms with Crippen molar-refractivity contribution in [3.05, 3.63) is 0 Å². The molecule has 0 fully saturated rings. The molecule has 4 N–H and O–H groups in total. The van der Waals surface area contributed by atoms with Gasteiger partial charge in [0.1, 0.15) is 0 Å². The number of urea groups is 2. The minimum Gasteiger partial charge on any atom is -0.338 e. The highest BCUT2D eigenvalue weighted by Crippen LogP contribution is 2.19. The van der Waals surface area contributed by atoms with E-state index in [0.717, 1.165) is 19.3 Å². The van der Waals surface area contributed by atoms with Gasteiger partial charge in [-0.2, -0.15) is 0 Å². The van der Waals surface area contributed by atoms with Gasteiger partial charge in [0.2, 0.25) is 11.8 Å². The number of amides is 6. The second-order valence-electron chi connectivity index (χ2n) is 7.16. The molecule has 162 valence electrons. The van der Waals surface area contributed by atoms with E-state index in [4.69, 9.17) is 0 Å². The maximum atomic E-state index is 11.6. The molecule has 10 heteroatoms. The summed E-state index contributed by atoms with van der Waals surface area (Å²) in [5, 5.41) is 9.80. The predicted molar refractivity (Wildman–Crippen MR) is 116 cm³/mol. The lowest BCUT2D eigenvalue weighted by Crippen LogP contribution is -2.40. The van der Waals surface area contributed by atoms with Crippen LogP contribution in [0.1, 0.15) is 53.4 Å². The molecule has 0 spiro atoms. The molecule has 28 heavy (non-hydrogen) atoms. The molecule has 0 aromatic rings. The molecule has 0 atom stereocenters. The molecule has 0 aliphatic carbocycles. The smallest absolute Gasteiger partial charge is 0.321 e. The number of imide groups is 2. The van der Waals surface area contributed by atoms with Crippen LogP contribution in [-0.2, 0) is 9.59 Å². The molecule has 0 heterocycles. The highest BCUT2D eigenvalue weighted by Gasteiger charge is 2.09. The monoisotopic (exact) mass is 434 g/mol. The SMILES string of the molecule is CC(C)CCCNC(=O)NC(=O)CSSCCNC(=O)NC(=O)CCC(C)C. The Hall–Kier alpha value is -1.42. The zero-order valence-electron chi connectivity index (χ0n) is 17.3. The summed E-state index contributed by atoms with van der Waals surface area (Å²) in [6, 6.07) is -0.980. The van der Waals surface area contributed by atoms with Crippen LogP contribution in [0.25, 0.3) is 0 Å². The topological polar surface area (TPSA) is 116 Å². The Morgan fingerprint density at radius 2 is 1.32 bits per heavy atom. The highest BCUT2D eigenvalue weighted by atomic mass is 33.1. The van der Waals surface area contributed by atoms with Crippen molar-refractivity contribution in [1.82, 2.24) is 21.3 Å². The van der Waals surface area contributed by atoms with Gasteiger partial charge in [0.25, 0.3) is 0 Å². The Kier molecular flexibility index (Phi) is 15.7. The maximum Gasteiger partial charge on any atom is 0.321 e. The third-order valence-electron chi connectivity index (χ3n) is 3.44. The van der Waals surface area contributed by atoms with Crippen LogP contribution in [0.3, 0.4) is 0 Å². The summed E-state index contributed by atoms with van der Waals surface area (Å²) in [5.74, 6) is 1.07. The van der Waals surface area contributed by atoms with Crippen molar-refractivity contribution in [2.45, 2.75) is 53.4 Å². The molecule has 0 saturated carbocycles. The first-order valence-corrected chi connectivity index (χ1v) is 12.1. The summed E-state index contributed by atoms with van der Waals surface area (Å²) in [7, 11) is 2.70. The van der Waals surface area contributed by atoms with Gasteiger partial charge >= 0.3 is 12.1 Å². The number of carbonyl (C=O) groups is 4. The molecule has 0 rings (SSSR count). The third kappa shape index (κ3) is 18.0. The van der Waals surface area contributed by atoms with Gasteiger partial charge in [-0.15, -0.1) is 0 Å². The predicted octanol–water partition coefficient (Wildman–Crippen LogP) is 2.89. The van der Waals surface area contributed by atoms with Crippen LogP contribution in [0.4, 0.5) is 9.59 Å². The van der Waals surface area contributed by atoms with Crippen molar-refractivity contribution >= 4 is 45.5 Å². The molecule has 6 amide bonds. The zero-order valence-corrected chi connectivity index (χ0v) is 18.9. The summed E-state index contributed by atoms with van der Waals surface area (Å²) < 4.78 is 0. The first kappa shape index (κ1) is 26.6. The lowest BCUT2D eigenvalue weighted by atomic mass is 10.1. The quantitative estimate of drug-likeness (QED) is 0.262. The lowest BCUT2D eigenvalue weighted by Gasteiger charge is -2.08. The van der Waals surface area contributed by atoms with Gasteiger partial charge in [-0.05, 0) is 31.1 Å². The Labute approximate surface area is 175 Å². The average Bonchev–Trinajstić information content (AvgIpc) is 2.59. The minimum absolute atomic E-state index is 0.143. The largest absolute Gasteiger partial charge is 0.338 e. The van der Waals surface area contributed by atoms with E-state index in [9.17, 15) is 19.2 Å². The van der Waals surface area contributed by atoms with Gasteiger partial charge in [-0.25, -0.2) is 9.59 Å². The molecule has 8 nitrogen and oxygen atoms in total. The Morgan fingerprint density at radius 3 is 1.93 bits per heavy atom. The first-order chi connectivity index (χ1) is 13.2. The van der Waals surface area contributed by atoms with Gasteiger partial charge in [-0.3, -0.25) is 20.2 Å². The van der Waals surface area contributed by atoms with Gasteiger partial charge in [0.15, 0.2) is 0 Å². The summed E-state index contributed by atoms with van der Waals surface area (Å²) in [4.78, 5) is 46.2. The molecule has 0 radical (unpaired) electrons. The van der Waals surface area contributed by atoms with Crippen molar-refractivity contribution < 1.29 is 19.2 Å². The molecule has 0 unspecified atom stereocenters. The van der Waals surface area contributed by atoms with Crippen LogP contribution in [-0.4, -0.2) is 48.5 Å². The summed E-state index contributed by atoms with van der Waals surface area (Å²) in [5.41, 5.74) is 0. The second kappa shape index (κ2) is 16.5. The second-order valence-corrected chi connectivity index (χ2v) is 9.74. The minimum atomic E-state index is -0.508. The van der Waals surface area contributed by atoms with E-state index in [0.29, 0.717) is 37.1 Å². The van der Waals surface area contributed by atoms with E-state index in [1.807, 2.05) is 13.8 Å². The highest BCUT2D eigenvalue weighted by molar-refractivity contribution is 8.76. The van der Waals surface area contributed by atoms with E-state index in [1.165, 1.54) is 21.6 Å². The van der Waals surface area contributed by atoms with Crippen LogP contribution >= 0.6 is 21.6 Å². The van der Waals surface area contributed by atoms with Crippen molar-refractivity contribution in [2.24, 2.45) is 11.8 Å². The third-order valence-corrected chi connectivity index (χ3v) is 5.71. The van der Waals surface area contributed by atoms with Crippen molar-refractivity contribution in [1.29, 1.82) is 0 Å². The van der Waals surface area contributed by atoms with Crippen molar-refractivity contribution in [3.63, 3.8) is 0 Å². The van der Waals surface area contributed by atoms with Gasteiger partial charge in [0, 0.05) is 25.3 Å². The van der Waals surface area contributed by atoms with Crippen LogP contribution < -0.4 is 21.3 Å². The first-order valence-electron chi connectivity index (χ1n) is 9.60. The number of nitrogens with one attached hydrogen (secondary N) is 4. The normalized spacial score (nSPS) is 10.6. The fourth-order valence-corrected chi connectivity index (χ4v) is 3.67. The van der Waals surface area contributed by atoms with Crippen molar-refractivity contribution in [2.75, 3.05) is 24.6 Å². The zero-order chi connectivity index (χ0) is 21.4. The molecule has 0 saturated heterocycles. The number of carbonyl (C=O) groups excluding carboxylic acids is 4. The van der Waals surface area contributed by atoms with E-state index in [2.05, 4.69) is 35.1 Å². The molecular formula is C18H34N4O4S2. The fraction of sp³-hybridized carbons (Fsp3) is 0.778. The number of hydrogen-bond donors (Lipinski definition) is 4. The van der Waals surface area contributed by atoms with Crippen LogP contribution in [0.15, 0.2) is 0 Å². The Morgan fingerprint density at radius 1 is 0.750 bits per heavy atom. The molecular weight excluding hydrogens is 400 g/mol. The molecule has 0 aromatic carbocycles. The maximum absolute atomic E-state index is 11.6. The molecule has 0 aromatic heterocycles. The van der Waals surface area contributed by atoms with Crippen LogP contribution in [0.2, 0.25) is 0 Å². The standard InChI is InChI=1S/C18H34N4O4S2/c1-13(2)6-5-9-19-17(25)22-16(24)12-28-27-11-10-20-18(26)21-15(23)8-7-14(3)4/h13-14H,5-12H2,1-4H3,(H2,19,22,24,25)(H2,20,21,23,26). The van der Waals surface area contributed by atoms with E-state index in [1.54, 1.807) is 0 Å².